The monoisotopic (exact) mass is 317 g/mol. The number of amides is 1. The van der Waals surface area contributed by atoms with Gasteiger partial charge >= 0.3 is 0 Å². The first kappa shape index (κ1) is 14.0. The lowest BCUT2D eigenvalue weighted by Crippen LogP contribution is -2.26. The zero-order valence-corrected chi connectivity index (χ0v) is 12.6. The quantitative estimate of drug-likeness (QED) is 0.751. The van der Waals surface area contributed by atoms with Crippen molar-refractivity contribution in [2.24, 2.45) is 0 Å². The predicted octanol–water partition coefficient (Wildman–Crippen LogP) is 3.32. The lowest BCUT2D eigenvalue weighted by atomic mass is 10.1. The molecule has 21 heavy (non-hydrogen) atoms. The third kappa shape index (κ3) is 3.04. The molecule has 0 radical (unpaired) electrons. The molecule has 0 fully saturated rings. The molecule has 1 aromatic carbocycles. The van der Waals surface area contributed by atoms with Crippen LogP contribution >= 0.6 is 22.9 Å². The van der Waals surface area contributed by atoms with Crippen LogP contribution in [0.25, 0.3) is 10.8 Å². The number of rotatable bonds is 4. The Morgan fingerprint density at radius 3 is 2.81 bits per heavy atom. The summed E-state index contributed by atoms with van der Waals surface area (Å²) in [5.41, 5.74) is 3.31. The van der Waals surface area contributed by atoms with Gasteiger partial charge in [0.05, 0.1) is 16.8 Å². The lowest BCUT2D eigenvalue weighted by Gasteiger charge is -2.08. The van der Waals surface area contributed by atoms with Crippen molar-refractivity contribution in [1.82, 2.24) is 15.3 Å². The summed E-state index contributed by atoms with van der Waals surface area (Å²) in [7, 11) is 0. The van der Waals surface area contributed by atoms with Gasteiger partial charge in [-0.05, 0) is 5.39 Å². The Kier molecular flexibility index (Phi) is 4.13. The van der Waals surface area contributed by atoms with Gasteiger partial charge in [-0.15, -0.1) is 11.3 Å². The molecule has 0 unspecified atom stereocenters. The van der Waals surface area contributed by atoms with Crippen molar-refractivity contribution in [3.05, 3.63) is 57.8 Å². The van der Waals surface area contributed by atoms with Gasteiger partial charge in [0.25, 0.3) is 5.91 Å². The maximum absolute atomic E-state index is 12.3. The number of halogens is 1. The summed E-state index contributed by atoms with van der Waals surface area (Å²) in [4.78, 5) is 20.6. The largest absolute Gasteiger partial charge is 0.352 e. The molecule has 3 aromatic rings. The minimum Gasteiger partial charge on any atom is -0.352 e. The Balaban J connectivity index is 1.77. The van der Waals surface area contributed by atoms with Crippen molar-refractivity contribution in [3.63, 3.8) is 0 Å². The smallest absolute Gasteiger partial charge is 0.253 e. The summed E-state index contributed by atoms with van der Waals surface area (Å²) in [5, 5.41) is 6.87. The Hall–Kier alpha value is -1.98. The van der Waals surface area contributed by atoms with Crippen LogP contribution in [0.3, 0.4) is 0 Å². The maximum atomic E-state index is 12.3. The van der Waals surface area contributed by atoms with E-state index < -0.39 is 0 Å². The molecule has 0 atom stereocenters. The number of carbonyl (C=O) groups excluding carboxylic acids is 1. The molecular formula is C15H12ClN3OS. The number of carbonyl (C=O) groups is 1. The fourth-order valence-corrected chi connectivity index (χ4v) is 2.91. The van der Waals surface area contributed by atoms with E-state index in [-0.39, 0.29) is 5.91 Å². The number of pyridine rings is 1. The first-order chi connectivity index (χ1) is 10.3. The Bertz CT molecular complexity index is 774. The van der Waals surface area contributed by atoms with Crippen LogP contribution in [0.5, 0.6) is 0 Å². The summed E-state index contributed by atoms with van der Waals surface area (Å²) in [6, 6.07) is 7.49. The molecular weight excluding hydrogens is 306 g/mol. The van der Waals surface area contributed by atoms with Gasteiger partial charge in [0.2, 0.25) is 0 Å². The lowest BCUT2D eigenvalue weighted by molar-refractivity contribution is 0.0955. The summed E-state index contributed by atoms with van der Waals surface area (Å²) >= 11 is 7.61. The molecule has 2 aromatic heterocycles. The normalized spacial score (nSPS) is 10.7. The molecule has 1 amide bonds. The highest BCUT2D eigenvalue weighted by molar-refractivity contribution is 7.07. The zero-order chi connectivity index (χ0) is 14.7. The fourth-order valence-electron chi connectivity index (χ4n) is 2.10. The number of hydrogen-bond donors (Lipinski definition) is 1. The van der Waals surface area contributed by atoms with Gasteiger partial charge in [-0.3, -0.25) is 4.79 Å². The summed E-state index contributed by atoms with van der Waals surface area (Å²) in [5.74, 6) is -0.148. The number of fused-ring (bicyclic) bond motifs is 1. The maximum Gasteiger partial charge on any atom is 0.253 e. The van der Waals surface area contributed by atoms with Crippen LogP contribution < -0.4 is 5.32 Å². The minimum absolute atomic E-state index is 0.148. The highest BCUT2D eigenvalue weighted by Gasteiger charge is 2.12. The molecule has 0 bridgehead atoms. The van der Waals surface area contributed by atoms with Crippen LogP contribution in [0.2, 0.25) is 5.15 Å². The van der Waals surface area contributed by atoms with Crippen LogP contribution in [0.4, 0.5) is 0 Å². The van der Waals surface area contributed by atoms with Gasteiger partial charge in [-0.1, -0.05) is 35.9 Å². The minimum atomic E-state index is -0.148. The predicted molar refractivity (Wildman–Crippen MR) is 84.9 cm³/mol. The number of nitrogens with zero attached hydrogens (tertiary/aromatic N) is 2. The highest BCUT2D eigenvalue weighted by atomic mass is 35.5. The molecule has 2 heterocycles. The molecule has 1 N–H and O–H groups in total. The van der Waals surface area contributed by atoms with E-state index in [0.717, 1.165) is 16.5 Å². The van der Waals surface area contributed by atoms with E-state index in [2.05, 4.69) is 15.3 Å². The average molecular weight is 318 g/mol. The number of hydrogen-bond acceptors (Lipinski definition) is 4. The molecule has 4 nitrogen and oxygen atoms in total. The third-order valence-corrected chi connectivity index (χ3v) is 4.08. The molecule has 0 aliphatic carbocycles. The van der Waals surface area contributed by atoms with Gasteiger partial charge in [0.15, 0.2) is 0 Å². The van der Waals surface area contributed by atoms with E-state index in [1.807, 2.05) is 29.6 Å². The highest BCUT2D eigenvalue weighted by Crippen LogP contribution is 2.24. The second-order valence-electron chi connectivity index (χ2n) is 4.49. The van der Waals surface area contributed by atoms with Crippen LogP contribution in [0.1, 0.15) is 16.1 Å². The molecule has 3 rings (SSSR count). The van der Waals surface area contributed by atoms with Crippen molar-refractivity contribution in [2.75, 3.05) is 6.54 Å². The van der Waals surface area contributed by atoms with Gasteiger partial charge in [0, 0.05) is 29.9 Å². The number of thiazole rings is 1. The van der Waals surface area contributed by atoms with Crippen LogP contribution in [-0.4, -0.2) is 22.4 Å². The van der Waals surface area contributed by atoms with Crippen molar-refractivity contribution in [1.29, 1.82) is 0 Å². The fraction of sp³-hybridized carbons (Fsp3) is 0.133. The van der Waals surface area contributed by atoms with Crippen molar-refractivity contribution in [2.45, 2.75) is 6.42 Å². The summed E-state index contributed by atoms with van der Waals surface area (Å²) < 4.78 is 0. The number of nitrogens with one attached hydrogen (secondary N) is 1. The molecule has 0 saturated heterocycles. The van der Waals surface area contributed by atoms with Gasteiger partial charge in [0.1, 0.15) is 5.15 Å². The Morgan fingerprint density at radius 1 is 1.24 bits per heavy atom. The van der Waals surface area contributed by atoms with E-state index in [4.69, 9.17) is 11.6 Å². The first-order valence-electron chi connectivity index (χ1n) is 6.44. The molecule has 0 saturated carbocycles. The second kappa shape index (κ2) is 6.20. The average Bonchev–Trinajstić information content (AvgIpc) is 3.01. The van der Waals surface area contributed by atoms with Crippen molar-refractivity contribution >= 4 is 39.6 Å². The van der Waals surface area contributed by atoms with Crippen LogP contribution in [0, 0.1) is 0 Å². The number of aromatic nitrogens is 2. The van der Waals surface area contributed by atoms with E-state index in [9.17, 15) is 4.79 Å². The summed E-state index contributed by atoms with van der Waals surface area (Å²) in [6.45, 7) is 0.541. The molecule has 0 aliphatic rings. The SMILES string of the molecule is O=C(NCCc1cscn1)c1cnc(Cl)c2ccccc12. The van der Waals surface area contributed by atoms with Gasteiger partial charge in [-0.2, -0.15) is 0 Å². The van der Waals surface area contributed by atoms with E-state index in [1.54, 1.807) is 16.8 Å². The van der Waals surface area contributed by atoms with Crippen molar-refractivity contribution in [3.8, 4) is 0 Å². The van der Waals surface area contributed by atoms with Crippen molar-refractivity contribution < 1.29 is 4.79 Å². The molecule has 0 aliphatic heterocycles. The first-order valence-corrected chi connectivity index (χ1v) is 7.76. The number of benzene rings is 1. The standard InChI is InChI=1S/C15H12ClN3OS/c16-14-12-4-2-1-3-11(12)13(7-18-14)15(20)17-6-5-10-8-21-9-19-10/h1-4,7-9H,5-6H2,(H,17,20). The topological polar surface area (TPSA) is 54.9 Å². The van der Waals surface area contributed by atoms with Gasteiger partial charge in [-0.25, -0.2) is 9.97 Å². The second-order valence-corrected chi connectivity index (χ2v) is 5.57. The summed E-state index contributed by atoms with van der Waals surface area (Å²) in [6.07, 6.45) is 2.23. The molecule has 0 spiro atoms. The Morgan fingerprint density at radius 2 is 2.05 bits per heavy atom. The zero-order valence-electron chi connectivity index (χ0n) is 11.0. The van der Waals surface area contributed by atoms with Crippen LogP contribution in [0.15, 0.2) is 41.4 Å². The Labute approximate surface area is 130 Å². The molecule has 6 heteroatoms. The van der Waals surface area contributed by atoms with E-state index >= 15 is 0 Å². The van der Waals surface area contributed by atoms with Gasteiger partial charge < -0.3 is 5.32 Å². The van der Waals surface area contributed by atoms with Crippen LogP contribution in [-0.2, 0) is 6.42 Å². The van der Waals surface area contributed by atoms with E-state index in [1.165, 1.54) is 6.20 Å². The molecule has 106 valence electrons. The third-order valence-electron chi connectivity index (χ3n) is 3.14. The van der Waals surface area contributed by atoms with E-state index in [0.29, 0.717) is 23.7 Å².